The van der Waals surface area contributed by atoms with Gasteiger partial charge in [0, 0.05) is 58.0 Å². The zero-order valence-corrected chi connectivity index (χ0v) is 22.5. The van der Waals surface area contributed by atoms with Crippen LogP contribution in [0.15, 0.2) is 39.6 Å². The average molecular weight is 573 g/mol. The van der Waals surface area contributed by atoms with Crippen molar-refractivity contribution in [1.29, 1.82) is 0 Å². The number of pyridine rings is 1. The van der Waals surface area contributed by atoms with Crippen molar-refractivity contribution < 1.29 is 24.2 Å². The fraction of sp³-hybridized carbons (Fsp3) is 0.462. The first-order valence-corrected chi connectivity index (χ1v) is 12.9. The third kappa shape index (κ3) is 4.14. The van der Waals surface area contributed by atoms with E-state index >= 15 is 0 Å². The third-order valence-electron chi connectivity index (χ3n) is 7.86. The van der Waals surface area contributed by atoms with Crippen LogP contribution in [0.2, 0.25) is 0 Å². The summed E-state index contributed by atoms with van der Waals surface area (Å²) in [6, 6.07) is 7.91. The number of phenols is 1. The van der Waals surface area contributed by atoms with Crippen LogP contribution >= 0.6 is 15.9 Å². The number of halogens is 1. The zero-order valence-electron chi connectivity index (χ0n) is 20.9. The van der Waals surface area contributed by atoms with E-state index in [1.54, 1.807) is 24.3 Å². The summed E-state index contributed by atoms with van der Waals surface area (Å²) in [7, 11) is 4.21. The van der Waals surface area contributed by atoms with Crippen LogP contribution in [0.4, 0.5) is 4.79 Å². The number of fused-ring (bicyclic) bond motifs is 4. The molecule has 4 amide bonds. The van der Waals surface area contributed by atoms with Crippen molar-refractivity contribution in [3.63, 3.8) is 0 Å². The molecular formula is C26H29BrN4O6. The lowest BCUT2D eigenvalue weighted by Crippen LogP contribution is -2.67. The number of hydrogen-bond acceptors (Lipinski definition) is 7. The minimum atomic E-state index is -1.55. The Balaban J connectivity index is 1.53. The molecule has 3 aliphatic heterocycles. The second-order valence-electron chi connectivity index (χ2n) is 10.3. The summed E-state index contributed by atoms with van der Waals surface area (Å²) in [5, 5.41) is 10.3. The van der Waals surface area contributed by atoms with E-state index in [9.17, 15) is 24.3 Å². The van der Waals surface area contributed by atoms with Crippen molar-refractivity contribution in [2.24, 2.45) is 11.3 Å². The maximum Gasteiger partial charge on any atom is 0.332 e. The fourth-order valence-electron chi connectivity index (χ4n) is 6.21. The molecule has 5 rings (SSSR count). The van der Waals surface area contributed by atoms with Gasteiger partial charge in [-0.3, -0.25) is 24.2 Å². The summed E-state index contributed by atoms with van der Waals surface area (Å²) in [6.07, 6.45) is 0.957. The molecule has 37 heavy (non-hydrogen) atoms. The molecule has 1 aromatic heterocycles. The first kappa shape index (κ1) is 25.5. The molecule has 0 radical (unpaired) electrons. The van der Waals surface area contributed by atoms with Crippen LogP contribution in [-0.4, -0.2) is 83.1 Å². The highest BCUT2D eigenvalue weighted by Crippen LogP contribution is 2.41. The van der Waals surface area contributed by atoms with Gasteiger partial charge >= 0.3 is 6.03 Å². The number of ether oxygens (including phenoxy) is 1. The number of imide groups is 2. The molecule has 196 valence electrons. The highest BCUT2D eigenvalue weighted by atomic mass is 79.9. The predicted octanol–water partition coefficient (Wildman–Crippen LogP) is 2.02. The summed E-state index contributed by atoms with van der Waals surface area (Å²) in [5.74, 6) is -0.678. The number of hydrogen-bond donors (Lipinski definition) is 1. The normalized spacial score (nSPS) is 23.3. The first-order valence-electron chi connectivity index (χ1n) is 12.1. The second-order valence-corrected chi connectivity index (χ2v) is 11.1. The van der Waals surface area contributed by atoms with E-state index in [1.807, 2.05) is 10.6 Å². The molecule has 2 aromatic rings. The number of barbiturate groups is 1. The molecule has 2 atom stereocenters. The van der Waals surface area contributed by atoms with Crippen molar-refractivity contribution in [2.45, 2.75) is 25.3 Å². The lowest BCUT2D eigenvalue weighted by molar-refractivity contribution is -0.159. The van der Waals surface area contributed by atoms with Crippen molar-refractivity contribution in [2.75, 3.05) is 40.8 Å². The van der Waals surface area contributed by atoms with E-state index in [0.717, 1.165) is 21.9 Å². The maximum atomic E-state index is 13.8. The number of phenolic OH excluding ortho intramolecular Hbond substituents is 1. The quantitative estimate of drug-likeness (QED) is 0.545. The van der Waals surface area contributed by atoms with Crippen LogP contribution in [0.1, 0.15) is 23.6 Å². The molecule has 3 aliphatic rings. The van der Waals surface area contributed by atoms with E-state index in [0.29, 0.717) is 29.7 Å². The van der Waals surface area contributed by atoms with Gasteiger partial charge in [0.25, 0.3) is 5.56 Å². The molecule has 10 nitrogen and oxygen atoms in total. The van der Waals surface area contributed by atoms with Gasteiger partial charge in [0.05, 0.1) is 11.6 Å². The van der Waals surface area contributed by atoms with Gasteiger partial charge in [-0.1, -0.05) is 6.07 Å². The summed E-state index contributed by atoms with van der Waals surface area (Å²) >= 11 is 3.32. The summed E-state index contributed by atoms with van der Waals surface area (Å²) in [6.45, 7) is 1.94. The van der Waals surface area contributed by atoms with Gasteiger partial charge in [0.15, 0.2) is 11.5 Å². The van der Waals surface area contributed by atoms with Gasteiger partial charge < -0.3 is 19.3 Å². The Morgan fingerprint density at radius 3 is 2.43 bits per heavy atom. The second kappa shape index (κ2) is 9.29. The number of aromatic hydroxyl groups is 1. The standard InChI is InChI=1S/C26H29BrN4O6/c1-28-23(34)26(24(35)29(2)25(28)36,10-15-8-18(27)22(33)20(9-15)37-3)14-30-11-16-7-17(13-30)19-5-4-6-21(32)31(19)12-16/h4-6,8-9,16-17,33H,7,10-14H2,1-3H3. The van der Waals surface area contributed by atoms with Gasteiger partial charge in [-0.15, -0.1) is 0 Å². The maximum absolute atomic E-state index is 13.8. The highest BCUT2D eigenvalue weighted by Gasteiger charge is 2.56. The Morgan fingerprint density at radius 1 is 1.05 bits per heavy atom. The van der Waals surface area contributed by atoms with Crippen LogP contribution in [-0.2, 0) is 22.6 Å². The number of carbonyl (C=O) groups is 3. The number of benzene rings is 1. The predicted molar refractivity (Wildman–Crippen MR) is 137 cm³/mol. The number of amides is 4. The van der Waals surface area contributed by atoms with Crippen LogP contribution in [0, 0.1) is 11.3 Å². The van der Waals surface area contributed by atoms with Gasteiger partial charge in [0.1, 0.15) is 5.41 Å². The van der Waals surface area contributed by atoms with Gasteiger partial charge in [-0.2, -0.15) is 0 Å². The molecule has 2 fully saturated rings. The molecular weight excluding hydrogens is 544 g/mol. The Bertz CT molecular complexity index is 1330. The largest absolute Gasteiger partial charge is 0.503 e. The van der Waals surface area contributed by atoms with Gasteiger partial charge in [-0.05, 0) is 58.5 Å². The van der Waals surface area contributed by atoms with Crippen LogP contribution in [0.3, 0.4) is 0 Å². The topological polar surface area (TPSA) is 112 Å². The Kier molecular flexibility index (Phi) is 6.39. The average Bonchev–Trinajstić information content (AvgIpc) is 2.88. The molecule has 2 saturated heterocycles. The number of rotatable bonds is 5. The zero-order chi connectivity index (χ0) is 26.6. The van der Waals surface area contributed by atoms with Gasteiger partial charge in [0.2, 0.25) is 11.8 Å². The molecule has 11 heteroatoms. The van der Waals surface area contributed by atoms with Crippen LogP contribution < -0.4 is 10.3 Å². The van der Waals surface area contributed by atoms with Crippen molar-refractivity contribution in [3.05, 3.63) is 56.4 Å². The van der Waals surface area contributed by atoms with Gasteiger partial charge in [-0.25, -0.2) is 4.79 Å². The molecule has 2 unspecified atom stereocenters. The van der Waals surface area contributed by atoms with Crippen LogP contribution in [0.5, 0.6) is 11.5 Å². The SMILES string of the molecule is COc1cc(CC2(CN3CC4CC(C3)c3cccc(=O)n3C4)C(=O)N(C)C(=O)N(C)C2=O)cc(Br)c1O. The third-order valence-corrected chi connectivity index (χ3v) is 8.47. The summed E-state index contributed by atoms with van der Waals surface area (Å²) in [4.78, 5) is 56.7. The van der Waals surface area contributed by atoms with Crippen LogP contribution in [0.25, 0.3) is 0 Å². The molecule has 1 N–H and O–H groups in total. The fourth-order valence-corrected chi connectivity index (χ4v) is 6.70. The van der Waals surface area contributed by atoms with Crippen molar-refractivity contribution in [1.82, 2.24) is 19.3 Å². The minimum absolute atomic E-state index is 0.0108. The number of aromatic nitrogens is 1. The number of piperidine rings is 1. The van der Waals surface area contributed by atoms with E-state index in [2.05, 4.69) is 20.8 Å². The summed E-state index contributed by atoms with van der Waals surface area (Å²) < 4.78 is 7.49. The number of carbonyl (C=O) groups excluding carboxylic acids is 3. The van der Waals surface area contributed by atoms with E-state index in [-0.39, 0.29) is 41.9 Å². The lowest BCUT2D eigenvalue weighted by atomic mass is 9.75. The first-order chi connectivity index (χ1) is 17.6. The number of methoxy groups -OCH3 is 1. The molecule has 2 bridgehead atoms. The minimum Gasteiger partial charge on any atom is -0.503 e. The lowest BCUT2D eigenvalue weighted by Gasteiger charge is -2.48. The molecule has 0 spiro atoms. The summed E-state index contributed by atoms with van der Waals surface area (Å²) in [5.41, 5.74) is 0.0122. The van der Waals surface area contributed by atoms with Crippen molar-refractivity contribution in [3.8, 4) is 11.5 Å². The number of nitrogens with zero attached hydrogens (tertiary/aromatic N) is 4. The van der Waals surface area contributed by atoms with Crippen molar-refractivity contribution >= 4 is 33.8 Å². The smallest absolute Gasteiger partial charge is 0.332 e. The number of likely N-dealkylation sites (tertiary alicyclic amines) is 1. The highest BCUT2D eigenvalue weighted by molar-refractivity contribution is 9.10. The van der Waals surface area contributed by atoms with E-state index in [4.69, 9.17) is 4.74 Å². The monoisotopic (exact) mass is 572 g/mol. The Hall–Kier alpha value is -3.18. The molecule has 0 aliphatic carbocycles. The number of urea groups is 1. The van der Waals surface area contributed by atoms with E-state index in [1.165, 1.54) is 21.2 Å². The molecule has 1 aromatic carbocycles. The Labute approximate surface area is 222 Å². The van der Waals surface area contributed by atoms with E-state index < -0.39 is 23.3 Å². The Morgan fingerprint density at radius 2 is 1.76 bits per heavy atom. The molecule has 0 saturated carbocycles. The molecule has 4 heterocycles.